The summed E-state index contributed by atoms with van der Waals surface area (Å²) in [5.41, 5.74) is 4.37. The number of hydrogen-bond donors (Lipinski definition) is 2. The summed E-state index contributed by atoms with van der Waals surface area (Å²) < 4.78 is 1.71. The van der Waals surface area contributed by atoms with Gasteiger partial charge in [0.1, 0.15) is 12.4 Å². The van der Waals surface area contributed by atoms with Crippen LogP contribution in [-0.4, -0.2) is 39.7 Å². The number of aryl methyl sites for hydroxylation is 1. The van der Waals surface area contributed by atoms with E-state index < -0.39 is 0 Å². The molecule has 0 spiro atoms. The lowest BCUT2D eigenvalue weighted by molar-refractivity contribution is -0.116. The molecule has 0 bridgehead atoms. The predicted molar refractivity (Wildman–Crippen MR) is 149 cm³/mol. The summed E-state index contributed by atoms with van der Waals surface area (Å²) in [6, 6.07) is 28.7. The fourth-order valence-corrected chi connectivity index (χ4v) is 4.07. The molecular weight excluding hydrogens is 462 g/mol. The van der Waals surface area contributed by atoms with Gasteiger partial charge in [0.25, 0.3) is 0 Å². The highest BCUT2D eigenvalue weighted by atomic mass is 16.2. The van der Waals surface area contributed by atoms with E-state index in [0.29, 0.717) is 18.1 Å². The molecule has 37 heavy (non-hydrogen) atoms. The van der Waals surface area contributed by atoms with Crippen molar-refractivity contribution in [3.63, 3.8) is 0 Å². The Hall–Kier alpha value is -4.39. The Kier molecular flexibility index (Phi) is 8.36. The van der Waals surface area contributed by atoms with Crippen LogP contribution < -0.4 is 10.6 Å². The predicted octanol–water partition coefficient (Wildman–Crippen LogP) is 6.23. The Morgan fingerprint density at radius 3 is 2.27 bits per heavy atom. The Bertz CT molecular complexity index is 1330. The number of anilines is 2. The number of para-hydroxylation sites is 1. The summed E-state index contributed by atoms with van der Waals surface area (Å²) >= 11 is 0. The van der Waals surface area contributed by atoms with Crippen LogP contribution in [0.1, 0.15) is 26.3 Å². The van der Waals surface area contributed by atoms with Gasteiger partial charge in [-0.25, -0.2) is 9.48 Å². The minimum absolute atomic E-state index is 0.0852. The zero-order valence-corrected chi connectivity index (χ0v) is 21.5. The Labute approximate surface area is 218 Å². The first-order chi connectivity index (χ1) is 17.9. The SMILES string of the molecule is CCc1cccc(NC(=O)N(CC(=O)Nc2cc(-c3ccccc3)nn2-c2ccccc2)CC(C)C)c1. The molecule has 2 N–H and O–H groups in total. The van der Waals surface area contributed by atoms with Crippen molar-refractivity contribution in [2.75, 3.05) is 23.7 Å². The van der Waals surface area contributed by atoms with E-state index in [1.807, 2.05) is 105 Å². The quantitative estimate of drug-likeness (QED) is 0.289. The molecule has 1 heterocycles. The van der Waals surface area contributed by atoms with Gasteiger partial charge in [-0.2, -0.15) is 5.10 Å². The van der Waals surface area contributed by atoms with Gasteiger partial charge < -0.3 is 15.5 Å². The molecule has 4 rings (SSSR count). The van der Waals surface area contributed by atoms with Crippen LogP contribution in [0.15, 0.2) is 91.0 Å². The lowest BCUT2D eigenvalue weighted by atomic mass is 10.1. The number of carbonyl (C=O) groups excluding carboxylic acids is 2. The lowest BCUT2D eigenvalue weighted by Gasteiger charge is -2.24. The van der Waals surface area contributed by atoms with Crippen molar-refractivity contribution in [1.82, 2.24) is 14.7 Å². The van der Waals surface area contributed by atoms with Crippen molar-refractivity contribution < 1.29 is 9.59 Å². The van der Waals surface area contributed by atoms with Crippen LogP contribution in [0.5, 0.6) is 0 Å². The van der Waals surface area contributed by atoms with Gasteiger partial charge in [-0.05, 0) is 42.2 Å². The molecule has 0 saturated heterocycles. The molecule has 0 aliphatic rings. The van der Waals surface area contributed by atoms with E-state index in [2.05, 4.69) is 17.6 Å². The zero-order chi connectivity index (χ0) is 26.2. The highest BCUT2D eigenvalue weighted by Gasteiger charge is 2.21. The minimum atomic E-state index is -0.307. The van der Waals surface area contributed by atoms with Crippen LogP contribution in [0, 0.1) is 5.92 Å². The number of carbonyl (C=O) groups is 2. The van der Waals surface area contributed by atoms with Crippen LogP contribution in [0.4, 0.5) is 16.3 Å². The third kappa shape index (κ3) is 6.85. The molecule has 0 atom stereocenters. The van der Waals surface area contributed by atoms with Crippen molar-refractivity contribution in [3.8, 4) is 16.9 Å². The van der Waals surface area contributed by atoms with E-state index in [0.717, 1.165) is 28.9 Å². The molecule has 0 radical (unpaired) electrons. The van der Waals surface area contributed by atoms with Crippen LogP contribution >= 0.6 is 0 Å². The molecule has 4 aromatic rings. The second-order valence-electron chi connectivity index (χ2n) is 9.33. The third-order valence-corrected chi connectivity index (χ3v) is 5.84. The molecule has 7 heteroatoms. The van der Waals surface area contributed by atoms with Gasteiger partial charge in [0, 0.05) is 23.9 Å². The van der Waals surface area contributed by atoms with Crippen LogP contribution in [0.25, 0.3) is 16.9 Å². The average Bonchev–Trinajstić information content (AvgIpc) is 3.32. The van der Waals surface area contributed by atoms with Gasteiger partial charge in [-0.1, -0.05) is 81.4 Å². The number of nitrogens with zero attached hydrogens (tertiary/aromatic N) is 3. The molecule has 0 saturated carbocycles. The smallest absolute Gasteiger partial charge is 0.315 e. The lowest BCUT2D eigenvalue weighted by Crippen LogP contribution is -2.42. The zero-order valence-electron chi connectivity index (χ0n) is 21.5. The number of aromatic nitrogens is 2. The van der Waals surface area contributed by atoms with Crippen molar-refractivity contribution in [1.29, 1.82) is 0 Å². The molecule has 0 aliphatic carbocycles. The first-order valence-electron chi connectivity index (χ1n) is 12.6. The largest absolute Gasteiger partial charge is 0.322 e. The number of rotatable bonds is 9. The van der Waals surface area contributed by atoms with Gasteiger partial charge in [0.2, 0.25) is 5.91 Å². The molecule has 0 aliphatic heterocycles. The maximum atomic E-state index is 13.2. The van der Waals surface area contributed by atoms with Crippen LogP contribution in [0.2, 0.25) is 0 Å². The van der Waals surface area contributed by atoms with E-state index in [1.54, 1.807) is 9.58 Å². The molecule has 7 nitrogen and oxygen atoms in total. The van der Waals surface area contributed by atoms with Gasteiger partial charge in [0.15, 0.2) is 0 Å². The van der Waals surface area contributed by atoms with Gasteiger partial charge in [-0.15, -0.1) is 0 Å². The summed E-state index contributed by atoms with van der Waals surface area (Å²) in [6.45, 7) is 6.47. The van der Waals surface area contributed by atoms with Crippen molar-refractivity contribution in [2.45, 2.75) is 27.2 Å². The Morgan fingerprint density at radius 2 is 1.59 bits per heavy atom. The fourth-order valence-electron chi connectivity index (χ4n) is 4.07. The van der Waals surface area contributed by atoms with Gasteiger partial charge >= 0.3 is 6.03 Å². The maximum absolute atomic E-state index is 13.2. The molecule has 3 aromatic carbocycles. The van der Waals surface area contributed by atoms with E-state index in [-0.39, 0.29) is 24.4 Å². The van der Waals surface area contributed by atoms with E-state index in [4.69, 9.17) is 5.10 Å². The Balaban J connectivity index is 1.54. The standard InChI is InChI=1S/C30H33N5O2/c1-4-23-12-11-15-25(18-23)31-30(37)34(20-22(2)3)21-29(36)32-28-19-27(24-13-7-5-8-14-24)33-35(28)26-16-9-6-10-17-26/h5-19,22H,4,20-21H2,1-3H3,(H,31,37)(H,32,36). The highest BCUT2D eigenvalue weighted by molar-refractivity contribution is 5.97. The summed E-state index contributed by atoms with van der Waals surface area (Å²) in [5.74, 6) is 0.436. The number of benzene rings is 3. The summed E-state index contributed by atoms with van der Waals surface area (Å²) in [4.78, 5) is 27.9. The van der Waals surface area contributed by atoms with Crippen LogP contribution in [0.3, 0.4) is 0 Å². The normalized spacial score (nSPS) is 10.8. The van der Waals surface area contributed by atoms with E-state index in [1.165, 1.54) is 0 Å². The molecule has 1 aromatic heterocycles. The van der Waals surface area contributed by atoms with E-state index in [9.17, 15) is 9.59 Å². The number of nitrogens with one attached hydrogen (secondary N) is 2. The third-order valence-electron chi connectivity index (χ3n) is 5.84. The topological polar surface area (TPSA) is 79.3 Å². The average molecular weight is 496 g/mol. The van der Waals surface area contributed by atoms with Gasteiger partial charge in [0.05, 0.1) is 11.4 Å². The monoisotopic (exact) mass is 495 g/mol. The highest BCUT2D eigenvalue weighted by Crippen LogP contribution is 2.25. The van der Waals surface area contributed by atoms with Crippen molar-refractivity contribution in [2.24, 2.45) is 5.92 Å². The van der Waals surface area contributed by atoms with Gasteiger partial charge in [-0.3, -0.25) is 4.79 Å². The fraction of sp³-hybridized carbons (Fsp3) is 0.233. The first kappa shape index (κ1) is 25.7. The summed E-state index contributed by atoms with van der Waals surface area (Å²) in [7, 11) is 0. The number of amides is 3. The van der Waals surface area contributed by atoms with Crippen molar-refractivity contribution in [3.05, 3.63) is 96.6 Å². The number of urea groups is 1. The first-order valence-corrected chi connectivity index (χ1v) is 12.6. The molecule has 0 unspecified atom stereocenters. The number of hydrogen-bond acceptors (Lipinski definition) is 3. The summed E-state index contributed by atoms with van der Waals surface area (Å²) in [5, 5.41) is 10.7. The second kappa shape index (κ2) is 12.0. The van der Waals surface area contributed by atoms with Crippen molar-refractivity contribution >= 4 is 23.4 Å². The molecule has 3 amide bonds. The summed E-state index contributed by atoms with van der Waals surface area (Å²) in [6.07, 6.45) is 0.877. The maximum Gasteiger partial charge on any atom is 0.322 e. The molecular formula is C30H33N5O2. The van der Waals surface area contributed by atoms with E-state index >= 15 is 0 Å². The Morgan fingerprint density at radius 1 is 0.892 bits per heavy atom. The minimum Gasteiger partial charge on any atom is -0.315 e. The van der Waals surface area contributed by atoms with Crippen LogP contribution in [-0.2, 0) is 11.2 Å². The second-order valence-corrected chi connectivity index (χ2v) is 9.33. The molecule has 0 fully saturated rings. The molecule has 190 valence electrons.